The minimum Gasteiger partial charge on any atom is -0.508 e. The average Bonchev–Trinajstić information content (AvgIpc) is 3.10. The van der Waals surface area contributed by atoms with E-state index in [4.69, 9.17) is 0 Å². The Labute approximate surface area is 147 Å². The van der Waals surface area contributed by atoms with Crippen LogP contribution in [0.25, 0.3) is 5.65 Å². The summed E-state index contributed by atoms with van der Waals surface area (Å²) in [5.41, 5.74) is 3.17. The Bertz CT molecular complexity index is 867. The lowest BCUT2D eigenvalue weighted by atomic mass is 10.2. The van der Waals surface area contributed by atoms with Gasteiger partial charge in [-0.15, -0.1) is 0 Å². The van der Waals surface area contributed by atoms with Gasteiger partial charge < -0.3 is 10.0 Å². The van der Waals surface area contributed by atoms with Crippen LogP contribution in [0, 0.1) is 0 Å². The van der Waals surface area contributed by atoms with Crippen molar-refractivity contribution in [3.63, 3.8) is 0 Å². The minimum atomic E-state index is 0.334. The highest BCUT2D eigenvalue weighted by Crippen LogP contribution is 2.20. The molecule has 4 rings (SSSR count). The normalized spacial score (nSPS) is 15.8. The van der Waals surface area contributed by atoms with Crippen LogP contribution >= 0.6 is 0 Å². The van der Waals surface area contributed by atoms with Crippen LogP contribution in [0.2, 0.25) is 0 Å². The number of hydrogen-bond donors (Lipinski definition) is 1. The molecular formula is C19H23N5O. The molecule has 1 N–H and O–H groups in total. The van der Waals surface area contributed by atoms with Gasteiger partial charge in [0.05, 0.1) is 6.20 Å². The lowest BCUT2D eigenvalue weighted by Gasteiger charge is -2.36. The molecule has 2 aromatic heterocycles. The lowest BCUT2D eigenvalue weighted by molar-refractivity contribution is 0.248. The largest absolute Gasteiger partial charge is 0.508 e. The summed E-state index contributed by atoms with van der Waals surface area (Å²) in [5.74, 6) is 1.46. The predicted octanol–water partition coefficient (Wildman–Crippen LogP) is 2.32. The first-order valence-electron chi connectivity index (χ1n) is 8.82. The fourth-order valence-corrected chi connectivity index (χ4v) is 3.40. The van der Waals surface area contributed by atoms with Crippen molar-refractivity contribution in [2.24, 2.45) is 0 Å². The Morgan fingerprint density at radius 2 is 1.92 bits per heavy atom. The first kappa shape index (κ1) is 15.9. The van der Waals surface area contributed by atoms with Crippen LogP contribution in [-0.4, -0.2) is 50.8 Å². The second-order valence-corrected chi connectivity index (χ2v) is 6.49. The van der Waals surface area contributed by atoms with Crippen molar-refractivity contribution in [2.75, 3.05) is 31.1 Å². The van der Waals surface area contributed by atoms with Gasteiger partial charge in [0.2, 0.25) is 0 Å². The second-order valence-electron chi connectivity index (χ2n) is 6.49. The minimum absolute atomic E-state index is 0.334. The number of hydrogen-bond acceptors (Lipinski definition) is 5. The number of phenolic OH excluding ortho intramolecular Hbond substituents is 1. The summed E-state index contributed by atoms with van der Waals surface area (Å²) in [6, 6.07) is 11.6. The van der Waals surface area contributed by atoms with Crippen molar-refractivity contribution in [1.82, 2.24) is 19.5 Å². The maximum atomic E-state index is 9.62. The third-order valence-electron chi connectivity index (χ3n) is 4.77. The fraction of sp³-hybridized carbons (Fsp3) is 0.368. The Morgan fingerprint density at radius 1 is 1.08 bits per heavy atom. The van der Waals surface area contributed by atoms with Gasteiger partial charge in [0, 0.05) is 50.6 Å². The summed E-state index contributed by atoms with van der Waals surface area (Å²) in [5, 5.41) is 14.1. The number of aromatic hydroxyl groups is 1. The van der Waals surface area contributed by atoms with Crippen molar-refractivity contribution in [3.05, 3.63) is 53.9 Å². The molecular weight excluding hydrogens is 314 g/mol. The fourth-order valence-electron chi connectivity index (χ4n) is 3.40. The van der Waals surface area contributed by atoms with Gasteiger partial charge in [-0.3, -0.25) is 4.90 Å². The van der Waals surface area contributed by atoms with Gasteiger partial charge in [-0.25, -0.2) is 4.98 Å². The maximum Gasteiger partial charge on any atom is 0.157 e. The molecule has 3 aromatic rings. The zero-order chi connectivity index (χ0) is 17.2. The van der Waals surface area contributed by atoms with E-state index in [1.165, 1.54) is 0 Å². The van der Waals surface area contributed by atoms with E-state index in [0.717, 1.165) is 61.9 Å². The monoisotopic (exact) mass is 337 g/mol. The van der Waals surface area contributed by atoms with E-state index in [1.54, 1.807) is 6.07 Å². The van der Waals surface area contributed by atoms with Gasteiger partial charge in [0.15, 0.2) is 5.65 Å². The Kier molecular flexibility index (Phi) is 4.28. The van der Waals surface area contributed by atoms with E-state index in [0.29, 0.717) is 5.75 Å². The van der Waals surface area contributed by atoms with E-state index in [1.807, 2.05) is 28.9 Å². The maximum absolute atomic E-state index is 9.62. The molecule has 0 spiro atoms. The topological polar surface area (TPSA) is 56.9 Å². The summed E-state index contributed by atoms with van der Waals surface area (Å²) in [7, 11) is 0. The Hall–Kier alpha value is -2.60. The Balaban J connectivity index is 1.48. The molecule has 6 heteroatoms. The highest BCUT2D eigenvalue weighted by atomic mass is 16.3. The van der Waals surface area contributed by atoms with Crippen LogP contribution in [0.4, 0.5) is 5.82 Å². The van der Waals surface area contributed by atoms with E-state index in [2.05, 4.69) is 38.9 Å². The van der Waals surface area contributed by atoms with Gasteiger partial charge in [-0.2, -0.15) is 9.61 Å². The number of benzene rings is 1. The van der Waals surface area contributed by atoms with Crippen molar-refractivity contribution < 1.29 is 5.11 Å². The molecule has 0 aliphatic carbocycles. The smallest absolute Gasteiger partial charge is 0.157 e. The number of phenols is 1. The second kappa shape index (κ2) is 6.72. The van der Waals surface area contributed by atoms with E-state index in [-0.39, 0.29) is 0 Å². The molecule has 0 saturated carbocycles. The number of fused-ring (bicyclic) bond motifs is 1. The van der Waals surface area contributed by atoms with E-state index < -0.39 is 0 Å². The first-order chi connectivity index (χ1) is 12.2. The molecule has 1 aliphatic heterocycles. The quantitative estimate of drug-likeness (QED) is 0.792. The van der Waals surface area contributed by atoms with Gasteiger partial charge in [0.25, 0.3) is 0 Å². The van der Waals surface area contributed by atoms with Crippen LogP contribution in [0.1, 0.15) is 18.2 Å². The summed E-state index contributed by atoms with van der Waals surface area (Å²) < 4.78 is 1.93. The van der Waals surface area contributed by atoms with Crippen LogP contribution in [0.15, 0.2) is 42.6 Å². The summed E-state index contributed by atoms with van der Waals surface area (Å²) >= 11 is 0. The number of aromatic nitrogens is 3. The van der Waals surface area contributed by atoms with Gasteiger partial charge in [-0.1, -0.05) is 19.1 Å². The zero-order valence-corrected chi connectivity index (χ0v) is 14.5. The van der Waals surface area contributed by atoms with Crippen LogP contribution in [0.3, 0.4) is 0 Å². The zero-order valence-electron chi connectivity index (χ0n) is 14.5. The number of aryl methyl sites for hydroxylation is 1. The van der Waals surface area contributed by atoms with Crippen molar-refractivity contribution in [1.29, 1.82) is 0 Å². The van der Waals surface area contributed by atoms with Crippen molar-refractivity contribution in [2.45, 2.75) is 19.9 Å². The van der Waals surface area contributed by atoms with Crippen LogP contribution < -0.4 is 4.90 Å². The molecule has 3 heterocycles. The highest BCUT2D eigenvalue weighted by molar-refractivity contribution is 5.51. The van der Waals surface area contributed by atoms with E-state index >= 15 is 0 Å². The van der Waals surface area contributed by atoms with Crippen molar-refractivity contribution in [3.8, 4) is 5.75 Å². The summed E-state index contributed by atoms with van der Waals surface area (Å²) in [6.45, 7) is 6.90. The standard InChI is InChI=1S/C19H23N5O/c1-2-16-13-19(24-18(21-16)6-7-20-24)23-10-8-22(9-11-23)14-15-4-3-5-17(25)12-15/h3-7,12-13,25H,2,8-11,14H2,1H3. The SMILES string of the molecule is CCc1cc(N2CCN(Cc3cccc(O)c3)CC2)n2nccc2n1. The molecule has 1 aromatic carbocycles. The summed E-state index contributed by atoms with van der Waals surface area (Å²) in [4.78, 5) is 9.44. The molecule has 1 aliphatic rings. The highest BCUT2D eigenvalue weighted by Gasteiger charge is 2.20. The van der Waals surface area contributed by atoms with Crippen molar-refractivity contribution >= 4 is 11.5 Å². The van der Waals surface area contributed by atoms with Gasteiger partial charge >= 0.3 is 0 Å². The Morgan fingerprint density at radius 3 is 2.68 bits per heavy atom. The molecule has 25 heavy (non-hydrogen) atoms. The third kappa shape index (κ3) is 3.30. The first-order valence-corrected chi connectivity index (χ1v) is 8.82. The van der Waals surface area contributed by atoms with E-state index in [9.17, 15) is 5.11 Å². The lowest BCUT2D eigenvalue weighted by Crippen LogP contribution is -2.46. The molecule has 0 radical (unpaired) electrons. The molecule has 130 valence electrons. The molecule has 1 fully saturated rings. The number of piperazine rings is 1. The number of nitrogens with zero attached hydrogens (tertiary/aromatic N) is 5. The molecule has 0 amide bonds. The molecule has 0 bridgehead atoms. The summed E-state index contributed by atoms with van der Waals surface area (Å²) in [6.07, 6.45) is 2.73. The van der Waals surface area contributed by atoms with Gasteiger partial charge in [-0.05, 0) is 24.1 Å². The average molecular weight is 337 g/mol. The van der Waals surface area contributed by atoms with Gasteiger partial charge in [0.1, 0.15) is 11.6 Å². The predicted molar refractivity (Wildman–Crippen MR) is 98.0 cm³/mol. The molecule has 1 saturated heterocycles. The molecule has 0 atom stereocenters. The molecule has 0 unspecified atom stereocenters. The van der Waals surface area contributed by atoms with Crippen LogP contribution in [0.5, 0.6) is 5.75 Å². The number of anilines is 1. The molecule has 6 nitrogen and oxygen atoms in total. The number of rotatable bonds is 4. The third-order valence-corrected chi connectivity index (χ3v) is 4.77. The van der Waals surface area contributed by atoms with Crippen LogP contribution in [-0.2, 0) is 13.0 Å².